The molecular weight excluding hydrogens is 365 g/mol. The van der Waals surface area contributed by atoms with Crippen molar-refractivity contribution in [3.8, 4) is 16.3 Å². The Bertz CT molecular complexity index is 961. The largest absolute Gasteiger partial charge is 0.496 e. The van der Waals surface area contributed by atoms with Gasteiger partial charge in [0, 0.05) is 36.8 Å². The minimum atomic E-state index is -0.416. The van der Waals surface area contributed by atoms with Crippen LogP contribution in [0.2, 0.25) is 0 Å². The quantitative estimate of drug-likeness (QED) is 0.684. The highest BCUT2D eigenvalue weighted by atomic mass is 32.1. The predicted molar refractivity (Wildman–Crippen MR) is 102 cm³/mol. The van der Waals surface area contributed by atoms with Crippen molar-refractivity contribution >= 4 is 17.2 Å². The maximum Gasteiger partial charge on any atom is 0.273 e. The number of likely N-dealkylation sites (tertiary alicyclic amines) is 1. The molecule has 5 nitrogen and oxygen atoms in total. The normalized spacial score (nSPS) is 16.5. The van der Waals surface area contributed by atoms with Crippen LogP contribution in [0, 0.1) is 5.82 Å². The molecule has 1 atom stereocenters. The van der Waals surface area contributed by atoms with E-state index in [1.807, 2.05) is 18.3 Å². The maximum absolute atomic E-state index is 14.3. The van der Waals surface area contributed by atoms with Crippen molar-refractivity contribution in [1.82, 2.24) is 14.9 Å². The van der Waals surface area contributed by atoms with E-state index in [4.69, 9.17) is 4.74 Å². The molecule has 0 aliphatic carbocycles. The number of thiazole rings is 1. The molecule has 0 bridgehead atoms. The van der Waals surface area contributed by atoms with Gasteiger partial charge in [0.05, 0.1) is 12.7 Å². The second-order valence-corrected chi connectivity index (χ2v) is 7.24. The lowest BCUT2D eigenvalue weighted by Gasteiger charge is -2.15. The molecule has 4 rings (SSSR count). The van der Waals surface area contributed by atoms with Crippen molar-refractivity contribution in [2.75, 3.05) is 20.2 Å². The standard InChI is InChI=1S/C20H18FN3O2S/c1-26-17-6-2-5-15(21)18(17)19-23-16(12-27-19)20(25)24-9-7-14(11-24)13-4-3-8-22-10-13/h2-6,8,10,12,14H,7,9,11H2,1H3. The summed E-state index contributed by atoms with van der Waals surface area (Å²) in [5, 5.41) is 2.12. The molecule has 3 aromatic rings. The van der Waals surface area contributed by atoms with Crippen molar-refractivity contribution in [2.45, 2.75) is 12.3 Å². The van der Waals surface area contributed by atoms with Gasteiger partial charge in [-0.15, -0.1) is 11.3 Å². The Hall–Kier alpha value is -2.80. The van der Waals surface area contributed by atoms with Crippen LogP contribution in [0.1, 0.15) is 28.4 Å². The highest BCUT2D eigenvalue weighted by Crippen LogP contribution is 2.35. The molecule has 3 heterocycles. The van der Waals surface area contributed by atoms with Crippen LogP contribution in [0.25, 0.3) is 10.6 Å². The number of benzene rings is 1. The zero-order valence-electron chi connectivity index (χ0n) is 14.8. The van der Waals surface area contributed by atoms with Crippen LogP contribution in [0.5, 0.6) is 5.75 Å². The summed E-state index contributed by atoms with van der Waals surface area (Å²) in [5.74, 6) is 0.147. The van der Waals surface area contributed by atoms with E-state index in [2.05, 4.69) is 9.97 Å². The number of ether oxygens (including phenoxy) is 1. The Balaban J connectivity index is 1.53. The number of methoxy groups -OCH3 is 1. The summed E-state index contributed by atoms with van der Waals surface area (Å²) in [6, 6.07) is 8.57. The maximum atomic E-state index is 14.3. The minimum absolute atomic E-state index is 0.126. The van der Waals surface area contributed by atoms with Gasteiger partial charge in [0.1, 0.15) is 22.3 Å². The molecule has 0 radical (unpaired) electrons. The first-order chi connectivity index (χ1) is 13.2. The number of hydrogen-bond acceptors (Lipinski definition) is 5. The first kappa shape index (κ1) is 17.6. The van der Waals surface area contributed by atoms with E-state index in [0.29, 0.717) is 35.1 Å². The third-order valence-corrected chi connectivity index (χ3v) is 5.62. The molecule has 2 aromatic heterocycles. The highest BCUT2D eigenvalue weighted by Gasteiger charge is 2.29. The molecule has 0 N–H and O–H groups in total. The minimum Gasteiger partial charge on any atom is -0.496 e. The average Bonchev–Trinajstić information content (AvgIpc) is 3.38. The van der Waals surface area contributed by atoms with Gasteiger partial charge in [-0.3, -0.25) is 9.78 Å². The van der Waals surface area contributed by atoms with Gasteiger partial charge in [0.2, 0.25) is 0 Å². The summed E-state index contributed by atoms with van der Waals surface area (Å²) >= 11 is 1.24. The molecule has 1 fully saturated rings. The summed E-state index contributed by atoms with van der Waals surface area (Å²) in [7, 11) is 1.49. The number of pyridine rings is 1. The lowest BCUT2D eigenvalue weighted by Crippen LogP contribution is -2.28. The van der Waals surface area contributed by atoms with Crippen molar-refractivity contribution < 1.29 is 13.9 Å². The van der Waals surface area contributed by atoms with Gasteiger partial charge < -0.3 is 9.64 Å². The molecule has 7 heteroatoms. The monoisotopic (exact) mass is 383 g/mol. The second-order valence-electron chi connectivity index (χ2n) is 6.38. The lowest BCUT2D eigenvalue weighted by molar-refractivity contribution is 0.0786. The molecule has 27 heavy (non-hydrogen) atoms. The predicted octanol–water partition coefficient (Wildman–Crippen LogP) is 3.98. The Morgan fingerprint density at radius 3 is 3.00 bits per heavy atom. The molecule has 1 aliphatic heterocycles. The zero-order chi connectivity index (χ0) is 18.8. The average molecular weight is 383 g/mol. The van der Waals surface area contributed by atoms with Crippen LogP contribution in [0.4, 0.5) is 4.39 Å². The fraction of sp³-hybridized carbons (Fsp3) is 0.250. The van der Waals surface area contributed by atoms with E-state index >= 15 is 0 Å². The Kier molecular flexibility index (Phi) is 4.85. The van der Waals surface area contributed by atoms with Crippen LogP contribution in [-0.2, 0) is 0 Å². The van der Waals surface area contributed by atoms with E-state index in [1.54, 1.807) is 28.6 Å². The molecule has 0 saturated carbocycles. The summed E-state index contributed by atoms with van der Waals surface area (Å²) in [5.41, 5.74) is 1.77. The molecule has 1 aliphatic rings. The van der Waals surface area contributed by atoms with Gasteiger partial charge in [-0.1, -0.05) is 12.1 Å². The fourth-order valence-corrected chi connectivity index (χ4v) is 4.21. The van der Waals surface area contributed by atoms with E-state index < -0.39 is 5.82 Å². The van der Waals surface area contributed by atoms with E-state index in [1.165, 1.54) is 24.5 Å². The number of amides is 1. The third kappa shape index (κ3) is 3.42. The Morgan fingerprint density at radius 2 is 2.22 bits per heavy atom. The van der Waals surface area contributed by atoms with Crippen LogP contribution in [0.3, 0.4) is 0 Å². The van der Waals surface area contributed by atoms with Crippen molar-refractivity contribution in [3.05, 3.63) is 65.2 Å². The first-order valence-corrected chi connectivity index (χ1v) is 9.53. The number of hydrogen-bond donors (Lipinski definition) is 0. The van der Waals surface area contributed by atoms with Gasteiger partial charge in [-0.05, 0) is 30.2 Å². The van der Waals surface area contributed by atoms with Gasteiger partial charge >= 0.3 is 0 Å². The molecule has 0 spiro atoms. The number of carbonyl (C=O) groups is 1. The highest BCUT2D eigenvalue weighted by molar-refractivity contribution is 7.13. The smallest absolute Gasteiger partial charge is 0.273 e. The molecule has 138 valence electrons. The lowest BCUT2D eigenvalue weighted by atomic mass is 10.0. The topological polar surface area (TPSA) is 55.3 Å². The zero-order valence-corrected chi connectivity index (χ0v) is 15.6. The van der Waals surface area contributed by atoms with Crippen LogP contribution in [0.15, 0.2) is 48.1 Å². The van der Waals surface area contributed by atoms with Gasteiger partial charge in [0.25, 0.3) is 5.91 Å². The van der Waals surface area contributed by atoms with Crippen molar-refractivity contribution in [2.24, 2.45) is 0 Å². The fourth-order valence-electron chi connectivity index (χ4n) is 3.37. The Labute approximate surface area is 160 Å². The van der Waals surface area contributed by atoms with Gasteiger partial charge in [-0.25, -0.2) is 9.37 Å². The molecule has 1 amide bonds. The number of halogens is 1. The second kappa shape index (κ2) is 7.44. The molecule has 1 aromatic carbocycles. The first-order valence-electron chi connectivity index (χ1n) is 8.65. The summed E-state index contributed by atoms with van der Waals surface area (Å²) in [6.45, 7) is 1.31. The SMILES string of the molecule is COc1cccc(F)c1-c1nc(C(=O)N2CCC(c3cccnc3)C2)cs1. The van der Waals surface area contributed by atoms with E-state index in [-0.39, 0.29) is 11.8 Å². The van der Waals surface area contributed by atoms with Crippen LogP contribution < -0.4 is 4.74 Å². The summed E-state index contributed by atoms with van der Waals surface area (Å²) in [4.78, 5) is 23.2. The molecule has 1 saturated heterocycles. The van der Waals surface area contributed by atoms with Crippen molar-refractivity contribution in [1.29, 1.82) is 0 Å². The summed E-state index contributed by atoms with van der Waals surface area (Å²) in [6.07, 6.45) is 4.49. The Morgan fingerprint density at radius 1 is 1.33 bits per heavy atom. The van der Waals surface area contributed by atoms with E-state index in [0.717, 1.165) is 12.0 Å². The molecular formula is C20H18FN3O2S. The number of rotatable bonds is 4. The van der Waals surface area contributed by atoms with Crippen LogP contribution in [-0.4, -0.2) is 41.0 Å². The number of aromatic nitrogens is 2. The van der Waals surface area contributed by atoms with Gasteiger partial charge in [-0.2, -0.15) is 0 Å². The van der Waals surface area contributed by atoms with Gasteiger partial charge in [0.15, 0.2) is 0 Å². The van der Waals surface area contributed by atoms with Crippen LogP contribution >= 0.6 is 11.3 Å². The number of nitrogens with zero attached hydrogens (tertiary/aromatic N) is 3. The summed E-state index contributed by atoms with van der Waals surface area (Å²) < 4.78 is 19.5. The van der Waals surface area contributed by atoms with E-state index in [9.17, 15) is 9.18 Å². The molecule has 1 unspecified atom stereocenters. The third-order valence-electron chi connectivity index (χ3n) is 4.76. The number of carbonyl (C=O) groups excluding carboxylic acids is 1. The van der Waals surface area contributed by atoms with Crippen molar-refractivity contribution in [3.63, 3.8) is 0 Å².